The maximum Gasteiger partial charge on any atom is 0.255 e. The van der Waals surface area contributed by atoms with Crippen LogP contribution in [0.25, 0.3) is 0 Å². The van der Waals surface area contributed by atoms with Gasteiger partial charge >= 0.3 is 0 Å². The lowest BCUT2D eigenvalue weighted by atomic mass is 9.94. The Bertz CT molecular complexity index is 1320. The summed E-state index contributed by atoms with van der Waals surface area (Å²) in [7, 11) is 1.61. The number of halogens is 1. The van der Waals surface area contributed by atoms with Crippen LogP contribution in [-0.4, -0.2) is 40.1 Å². The van der Waals surface area contributed by atoms with Crippen LogP contribution in [0.3, 0.4) is 0 Å². The maximum atomic E-state index is 13.8. The van der Waals surface area contributed by atoms with Gasteiger partial charge in [0.25, 0.3) is 5.91 Å². The molecule has 1 aliphatic rings. The molecule has 0 saturated carbocycles. The fraction of sp³-hybridized carbons (Fsp3) is 0.370. The van der Waals surface area contributed by atoms with Gasteiger partial charge in [-0.3, -0.25) is 4.79 Å². The summed E-state index contributed by atoms with van der Waals surface area (Å²) in [5.74, 6) is 2.49. The van der Waals surface area contributed by atoms with Crippen LogP contribution in [0.15, 0.2) is 57.3 Å². The molecule has 8 nitrogen and oxygen atoms in total. The van der Waals surface area contributed by atoms with E-state index in [-0.39, 0.29) is 5.91 Å². The number of nitrogens with one attached hydrogen (secondary N) is 2. The number of amides is 1. The van der Waals surface area contributed by atoms with Crippen molar-refractivity contribution in [3.05, 3.63) is 63.3 Å². The topological polar surface area (TPSA) is 90.3 Å². The highest BCUT2D eigenvalue weighted by atomic mass is 79.9. The highest BCUT2D eigenvalue weighted by molar-refractivity contribution is 9.10. The minimum absolute atomic E-state index is 0.217. The van der Waals surface area contributed by atoms with Crippen LogP contribution in [-0.2, 0) is 4.79 Å². The van der Waals surface area contributed by atoms with Crippen LogP contribution < -0.4 is 20.1 Å². The molecule has 4 rings (SSSR count). The average molecular weight is 587 g/mol. The van der Waals surface area contributed by atoms with E-state index in [2.05, 4.69) is 40.4 Å². The molecule has 10 heteroatoms. The van der Waals surface area contributed by atoms with Crippen molar-refractivity contribution < 1.29 is 14.3 Å². The number of methoxy groups -OCH3 is 1. The molecule has 0 bridgehead atoms. The first-order chi connectivity index (χ1) is 17.9. The number of aromatic nitrogens is 3. The molecular weight excluding hydrogens is 554 g/mol. The zero-order valence-corrected chi connectivity index (χ0v) is 24.1. The molecule has 1 aliphatic heterocycles. The zero-order valence-electron chi connectivity index (χ0n) is 21.7. The minimum atomic E-state index is -0.532. The second-order valence-corrected chi connectivity index (χ2v) is 10.7. The van der Waals surface area contributed by atoms with Gasteiger partial charge in [0.05, 0.1) is 23.8 Å². The number of thioether (sulfide) groups is 1. The van der Waals surface area contributed by atoms with Crippen LogP contribution in [0.2, 0.25) is 0 Å². The van der Waals surface area contributed by atoms with E-state index in [0.717, 1.165) is 39.9 Å². The summed E-state index contributed by atoms with van der Waals surface area (Å²) in [5.41, 5.74) is 3.87. The lowest BCUT2D eigenvalue weighted by Gasteiger charge is -2.29. The Morgan fingerprint density at radius 1 is 1.22 bits per heavy atom. The second-order valence-electron chi connectivity index (χ2n) is 8.78. The Hall–Kier alpha value is -2.98. The van der Waals surface area contributed by atoms with Crippen LogP contribution in [0.1, 0.15) is 50.8 Å². The molecule has 0 radical (unpaired) electrons. The van der Waals surface area contributed by atoms with Gasteiger partial charge in [-0.15, -0.1) is 5.10 Å². The van der Waals surface area contributed by atoms with Crippen molar-refractivity contribution in [2.75, 3.05) is 30.1 Å². The fourth-order valence-electron chi connectivity index (χ4n) is 4.15. The molecule has 0 saturated heterocycles. The van der Waals surface area contributed by atoms with Crippen molar-refractivity contribution in [2.24, 2.45) is 0 Å². The highest BCUT2D eigenvalue weighted by Gasteiger charge is 2.35. The number of nitrogens with zero attached hydrogens (tertiary/aromatic N) is 3. The van der Waals surface area contributed by atoms with E-state index in [9.17, 15) is 4.79 Å². The lowest BCUT2D eigenvalue weighted by molar-refractivity contribution is -0.113. The first-order valence-corrected chi connectivity index (χ1v) is 14.1. The number of hydrogen-bond donors (Lipinski definition) is 2. The SMILES string of the molecule is CCCOc1c(Br)cc(C2C(C(=O)Nc3cccc(C)c3)=C(C)Nc3nc(SCCC)nn32)cc1OC. The van der Waals surface area contributed by atoms with E-state index in [1.165, 1.54) is 0 Å². The number of rotatable bonds is 10. The normalized spacial score (nSPS) is 14.7. The summed E-state index contributed by atoms with van der Waals surface area (Å²) in [6.45, 7) is 8.62. The van der Waals surface area contributed by atoms with Crippen molar-refractivity contribution in [2.45, 2.75) is 51.7 Å². The number of benzene rings is 2. The highest BCUT2D eigenvalue weighted by Crippen LogP contribution is 2.43. The third kappa shape index (κ3) is 5.96. The summed E-state index contributed by atoms with van der Waals surface area (Å²) >= 11 is 5.25. The van der Waals surface area contributed by atoms with Crippen LogP contribution in [0.4, 0.5) is 11.6 Å². The van der Waals surface area contributed by atoms with Gasteiger partial charge in [-0.2, -0.15) is 4.98 Å². The van der Waals surface area contributed by atoms with Gasteiger partial charge in [-0.1, -0.05) is 37.7 Å². The molecule has 3 aromatic rings. The Morgan fingerprint density at radius 3 is 2.73 bits per heavy atom. The van der Waals surface area contributed by atoms with Crippen LogP contribution in [0, 0.1) is 6.92 Å². The van der Waals surface area contributed by atoms with Crippen molar-refractivity contribution >= 4 is 45.2 Å². The lowest BCUT2D eigenvalue weighted by Crippen LogP contribution is -2.31. The molecule has 1 unspecified atom stereocenters. The minimum Gasteiger partial charge on any atom is -0.493 e. The molecule has 2 aromatic carbocycles. The Morgan fingerprint density at radius 2 is 2.03 bits per heavy atom. The number of anilines is 2. The zero-order chi connectivity index (χ0) is 26.5. The third-order valence-corrected chi connectivity index (χ3v) is 7.44. The van der Waals surface area contributed by atoms with Crippen molar-refractivity contribution in [3.8, 4) is 11.5 Å². The van der Waals surface area contributed by atoms with Gasteiger partial charge in [-0.05, 0) is 78.0 Å². The first-order valence-electron chi connectivity index (χ1n) is 12.3. The molecule has 2 heterocycles. The average Bonchev–Trinajstić information content (AvgIpc) is 3.27. The number of ether oxygens (including phenoxy) is 2. The number of carbonyl (C=O) groups is 1. The number of carbonyl (C=O) groups excluding carboxylic acids is 1. The molecule has 1 aromatic heterocycles. The van der Waals surface area contributed by atoms with Gasteiger partial charge in [0, 0.05) is 17.1 Å². The summed E-state index contributed by atoms with van der Waals surface area (Å²) in [5, 5.41) is 11.8. The van der Waals surface area contributed by atoms with Crippen molar-refractivity contribution in [3.63, 3.8) is 0 Å². The van der Waals surface area contributed by atoms with Crippen molar-refractivity contribution in [1.82, 2.24) is 14.8 Å². The quantitative estimate of drug-likeness (QED) is 0.260. The summed E-state index contributed by atoms with van der Waals surface area (Å²) in [6, 6.07) is 11.1. The van der Waals surface area contributed by atoms with E-state index < -0.39 is 6.04 Å². The number of hydrogen-bond acceptors (Lipinski definition) is 7. The smallest absolute Gasteiger partial charge is 0.255 e. The second kappa shape index (κ2) is 12.0. The number of aryl methyl sites for hydroxylation is 1. The molecule has 1 atom stereocenters. The van der Waals surface area contributed by atoms with Gasteiger partial charge < -0.3 is 20.1 Å². The summed E-state index contributed by atoms with van der Waals surface area (Å²) in [4.78, 5) is 18.5. The van der Waals surface area contributed by atoms with E-state index in [1.54, 1.807) is 23.6 Å². The third-order valence-electron chi connectivity index (χ3n) is 5.81. The van der Waals surface area contributed by atoms with Crippen LogP contribution >= 0.6 is 27.7 Å². The standard InChI is InChI=1S/C27H32BrN5O3S/c1-6-11-36-24-20(28)14-18(15-21(24)35-5)23-22(25(34)30-19-10-8-9-16(3)13-19)17(4)29-26-31-27(32-33(23)26)37-12-7-2/h8-10,13-15,23H,6-7,11-12H2,1-5H3,(H,30,34)(H,29,31,32). The largest absolute Gasteiger partial charge is 0.493 e. The molecule has 37 heavy (non-hydrogen) atoms. The molecule has 0 spiro atoms. The molecular formula is C27H32BrN5O3S. The van der Waals surface area contributed by atoms with Gasteiger partial charge in [-0.25, -0.2) is 4.68 Å². The van der Waals surface area contributed by atoms with Gasteiger partial charge in [0.15, 0.2) is 11.5 Å². The summed E-state index contributed by atoms with van der Waals surface area (Å²) < 4.78 is 14.2. The number of allylic oxidation sites excluding steroid dienone is 1. The predicted octanol–water partition coefficient (Wildman–Crippen LogP) is 6.58. The fourth-order valence-corrected chi connectivity index (χ4v) is 5.41. The molecule has 1 amide bonds. The molecule has 196 valence electrons. The Labute approximate surface area is 230 Å². The predicted molar refractivity (Wildman–Crippen MR) is 152 cm³/mol. The van der Waals surface area contributed by atoms with E-state index in [1.807, 2.05) is 50.2 Å². The summed E-state index contributed by atoms with van der Waals surface area (Å²) in [6.07, 6.45) is 1.88. The van der Waals surface area contributed by atoms with Crippen molar-refractivity contribution in [1.29, 1.82) is 0 Å². The molecule has 2 N–H and O–H groups in total. The Kier molecular flexibility index (Phi) is 8.81. The monoisotopic (exact) mass is 585 g/mol. The molecule has 0 fully saturated rings. The maximum absolute atomic E-state index is 13.8. The first kappa shape index (κ1) is 27.1. The van der Waals surface area contributed by atoms with Crippen LogP contribution in [0.5, 0.6) is 11.5 Å². The van der Waals surface area contributed by atoms with Gasteiger partial charge in [0.1, 0.15) is 6.04 Å². The number of fused-ring (bicyclic) bond motifs is 1. The van der Waals surface area contributed by atoms with E-state index >= 15 is 0 Å². The van der Waals surface area contributed by atoms with E-state index in [4.69, 9.17) is 19.6 Å². The van der Waals surface area contributed by atoms with Gasteiger partial charge in [0.2, 0.25) is 11.1 Å². The Balaban J connectivity index is 1.81. The molecule has 0 aliphatic carbocycles. The van der Waals surface area contributed by atoms with E-state index in [0.29, 0.717) is 40.5 Å².